The van der Waals surface area contributed by atoms with Gasteiger partial charge < -0.3 is 48.5 Å². The summed E-state index contributed by atoms with van der Waals surface area (Å²) in [6.45, 7) is 4.55. The average Bonchev–Trinajstić information content (AvgIpc) is 3.09. The van der Waals surface area contributed by atoms with Crippen LogP contribution in [-0.2, 0) is 41.7 Å². The van der Waals surface area contributed by atoms with Gasteiger partial charge in [-0.1, -0.05) is 50.3 Å². The molecule has 2 heterocycles. The second-order valence-electron chi connectivity index (χ2n) is 13.8. The number of aliphatic carboxylic acids is 1. The minimum absolute atomic E-state index is 0.00167. The van der Waals surface area contributed by atoms with Crippen LogP contribution >= 0.6 is 0 Å². The highest BCUT2D eigenvalue weighted by molar-refractivity contribution is 5.96. The van der Waals surface area contributed by atoms with Gasteiger partial charge in [-0.05, 0) is 87.9 Å². The van der Waals surface area contributed by atoms with E-state index in [1.165, 1.54) is 4.90 Å². The zero-order chi connectivity index (χ0) is 37.5. The number of carboxylic acid groups (broad SMARTS) is 1. The molecule has 0 aromatic heterocycles. The highest BCUT2D eigenvalue weighted by Crippen LogP contribution is 2.25. The van der Waals surface area contributed by atoms with Crippen LogP contribution in [0.4, 0.5) is 0 Å². The Hall–Kier alpha value is -4.34. The summed E-state index contributed by atoms with van der Waals surface area (Å²) < 4.78 is 0. The molecule has 15 nitrogen and oxygen atoms in total. The summed E-state index contributed by atoms with van der Waals surface area (Å²) in [4.78, 5) is 82.1. The molecule has 15 heteroatoms. The Balaban J connectivity index is 1.98. The Bertz CT molecular complexity index is 1400. The Labute approximate surface area is 299 Å². The first kappa shape index (κ1) is 41.1. The maximum Gasteiger partial charge on any atom is 0.326 e. The van der Waals surface area contributed by atoms with Crippen molar-refractivity contribution in [1.29, 1.82) is 0 Å². The molecule has 1 aromatic rings. The van der Waals surface area contributed by atoms with E-state index in [9.17, 15) is 33.9 Å². The van der Waals surface area contributed by atoms with Gasteiger partial charge in [0.25, 0.3) is 0 Å². The number of carboxylic acids is 1. The van der Waals surface area contributed by atoms with Crippen LogP contribution in [-0.4, -0.2) is 94.9 Å². The Morgan fingerprint density at radius 1 is 0.863 bits per heavy atom. The van der Waals surface area contributed by atoms with E-state index < -0.39 is 71.8 Å². The van der Waals surface area contributed by atoms with E-state index in [1.807, 2.05) is 38.1 Å². The molecule has 3 rings (SSSR count). The van der Waals surface area contributed by atoms with Crippen LogP contribution in [0, 0.1) is 5.92 Å². The Kier molecular flexibility index (Phi) is 16.5. The number of rotatable bonds is 14. The van der Waals surface area contributed by atoms with Crippen LogP contribution < -0.4 is 38.5 Å². The van der Waals surface area contributed by atoms with E-state index in [4.69, 9.17) is 17.2 Å². The van der Waals surface area contributed by atoms with Crippen LogP contribution in [0.25, 0.3) is 0 Å². The lowest BCUT2D eigenvalue weighted by Gasteiger charge is -2.38. The minimum Gasteiger partial charge on any atom is -0.480 e. The van der Waals surface area contributed by atoms with Gasteiger partial charge in [0, 0.05) is 13.0 Å². The van der Waals surface area contributed by atoms with Gasteiger partial charge in [0.05, 0.1) is 6.04 Å². The number of carbonyl (C=O) groups excluding carboxylic acids is 5. The molecule has 0 unspecified atom stereocenters. The zero-order valence-corrected chi connectivity index (χ0v) is 29.8. The average molecular weight is 713 g/mol. The van der Waals surface area contributed by atoms with Crippen molar-refractivity contribution in [3.05, 3.63) is 47.5 Å². The van der Waals surface area contributed by atoms with Gasteiger partial charge >= 0.3 is 5.97 Å². The smallest absolute Gasteiger partial charge is 0.326 e. The summed E-state index contributed by atoms with van der Waals surface area (Å²) in [5.41, 5.74) is 19.2. The first-order valence-corrected chi connectivity index (χ1v) is 18.0. The van der Waals surface area contributed by atoms with Crippen molar-refractivity contribution in [2.24, 2.45) is 23.1 Å². The van der Waals surface area contributed by atoms with Crippen molar-refractivity contribution >= 4 is 35.5 Å². The molecule has 0 fully saturated rings. The third-order valence-corrected chi connectivity index (χ3v) is 9.20. The van der Waals surface area contributed by atoms with E-state index in [1.54, 1.807) is 12.2 Å². The van der Waals surface area contributed by atoms with E-state index in [0.717, 1.165) is 11.1 Å². The Morgan fingerprint density at radius 2 is 1.43 bits per heavy atom. The number of amides is 5. The quantitative estimate of drug-likeness (QED) is 0.0943. The fraction of sp³-hybridized carbons (Fsp3) is 0.611. The van der Waals surface area contributed by atoms with Crippen LogP contribution in [0.1, 0.15) is 82.8 Å². The third kappa shape index (κ3) is 12.4. The van der Waals surface area contributed by atoms with Crippen LogP contribution in [0.5, 0.6) is 0 Å². The van der Waals surface area contributed by atoms with Gasteiger partial charge in [0.1, 0.15) is 30.2 Å². The maximum atomic E-state index is 14.5. The van der Waals surface area contributed by atoms with Crippen LogP contribution in [0.15, 0.2) is 36.4 Å². The second kappa shape index (κ2) is 20.5. The third-order valence-electron chi connectivity index (χ3n) is 9.20. The van der Waals surface area contributed by atoms with Crippen molar-refractivity contribution in [2.45, 2.75) is 121 Å². The molecule has 0 aliphatic carbocycles. The fourth-order valence-corrected chi connectivity index (χ4v) is 6.30. The topological polar surface area (TPSA) is 252 Å². The van der Waals surface area contributed by atoms with Crippen molar-refractivity contribution in [2.75, 3.05) is 13.1 Å². The lowest BCUT2D eigenvalue weighted by atomic mass is 9.92. The molecular formula is C36H56N8O7. The molecule has 0 saturated heterocycles. The normalized spacial score (nSPS) is 24.3. The lowest BCUT2D eigenvalue weighted by molar-refractivity contribution is -0.147. The standard InChI is InChI=1S/C36H56N8O7/c1-22(2)19-29(36(50)51)43-34(48)30-20-23-11-3-4-12-24(23)21-44(30)35(49)28-16-6-5-13-25(39)31(45)40-26(14-7-9-17-37)32(46)41-27(33(47)42-28)15-8-10-18-38/h3-6,11-12,22,25-30H,7-10,13-21,37-39H2,1-2H3,(H,40,45)(H,41,46)(H,42,47)(H,43,48)(H,50,51)/b6-5+/t25-,26-,27-,28-,29-,30-/m0/s1. The van der Waals surface area contributed by atoms with Crippen LogP contribution in [0.3, 0.4) is 0 Å². The summed E-state index contributed by atoms with van der Waals surface area (Å²) in [5.74, 6) is -4.05. The SMILES string of the molecule is CC(C)C[C@H](NC(=O)[C@@H]1Cc2ccccc2CN1C(=O)[C@@H]1C/C=C/C[C@H](N)C(=O)N[C@@H](CCCCN)C(=O)N[C@@H](CCCCN)C(=O)N1)C(=O)O. The van der Waals surface area contributed by atoms with Crippen molar-refractivity contribution < 1.29 is 33.9 Å². The molecule has 2 aliphatic rings. The second-order valence-corrected chi connectivity index (χ2v) is 13.8. The Morgan fingerprint density at radius 3 is 2.02 bits per heavy atom. The van der Waals surface area contributed by atoms with E-state index in [2.05, 4.69) is 21.3 Å². The minimum atomic E-state index is -1.18. The number of hydrogen-bond donors (Lipinski definition) is 8. The first-order chi connectivity index (χ1) is 24.4. The molecule has 5 amide bonds. The summed E-state index contributed by atoms with van der Waals surface area (Å²) in [6.07, 6.45) is 6.55. The lowest BCUT2D eigenvalue weighted by Crippen LogP contribution is -2.61. The van der Waals surface area contributed by atoms with Gasteiger partial charge in [-0.3, -0.25) is 24.0 Å². The molecule has 51 heavy (non-hydrogen) atoms. The van der Waals surface area contributed by atoms with E-state index >= 15 is 0 Å². The number of hydrogen-bond acceptors (Lipinski definition) is 9. The molecule has 11 N–H and O–H groups in total. The van der Waals surface area contributed by atoms with Gasteiger partial charge in [-0.25, -0.2) is 4.79 Å². The molecular weight excluding hydrogens is 656 g/mol. The molecule has 0 bridgehead atoms. The largest absolute Gasteiger partial charge is 0.480 e. The number of unbranched alkanes of at least 4 members (excludes halogenated alkanes) is 2. The molecule has 0 radical (unpaired) electrons. The predicted molar refractivity (Wildman–Crippen MR) is 191 cm³/mol. The first-order valence-electron chi connectivity index (χ1n) is 18.0. The molecule has 0 saturated carbocycles. The summed E-state index contributed by atoms with van der Waals surface area (Å²) in [7, 11) is 0. The van der Waals surface area contributed by atoms with E-state index in [-0.39, 0.29) is 51.0 Å². The summed E-state index contributed by atoms with van der Waals surface area (Å²) >= 11 is 0. The fourth-order valence-electron chi connectivity index (χ4n) is 6.30. The van der Waals surface area contributed by atoms with Gasteiger partial charge in [0.15, 0.2) is 0 Å². The number of nitrogens with zero attached hydrogens (tertiary/aromatic N) is 1. The van der Waals surface area contributed by atoms with Gasteiger partial charge in [-0.15, -0.1) is 0 Å². The molecule has 282 valence electrons. The molecule has 2 aliphatic heterocycles. The summed E-state index contributed by atoms with van der Waals surface area (Å²) in [6, 6.07) is 1.03. The van der Waals surface area contributed by atoms with Crippen molar-refractivity contribution in [1.82, 2.24) is 26.2 Å². The maximum absolute atomic E-state index is 14.5. The van der Waals surface area contributed by atoms with E-state index in [0.29, 0.717) is 38.8 Å². The zero-order valence-electron chi connectivity index (χ0n) is 29.8. The highest BCUT2D eigenvalue weighted by Gasteiger charge is 2.40. The molecule has 1 aromatic carbocycles. The van der Waals surface area contributed by atoms with Crippen LogP contribution in [0.2, 0.25) is 0 Å². The monoisotopic (exact) mass is 712 g/mol. The van der Waals surface area contributed by atoms with Gasteiger partial charge in [0.2, 0.25) is 29.5 Å². The summed E-state index contributed by atoms with van der Waals surface area (Å²) in [5, 5.41) is 20.8. The number of carbonyl (C=O) groups is 6. The number of nitrogens with one attached hydrogen (secondary N) is 4. The van der Waals surface area contributed by atoms with Crippen molar-refractivity contribution in [3.8, 4) is 0 Å². The van der Waals surface area contributed by atoms with Gasteiger partial charge in [-0.2, -0.15) is 0 Å². The molecule has 6 atom stereocenters. The number of fused-ring (bicyclic) bond motifs is 1. The highest BCUT2D eigenvalue weighted by atomic mass is 16.4. The predicted octanol–water partition coefficient (Wildman–Crippen LogP) is -0.0549. The number of benzene rings is 1. The van der Waals surface area contributed by atoms with Crippen molar-refractivity contribution in [3.63, 3.8) is 0 Å². The number of nitrogens with two attached hydrogens (primary N) is 3. The molecule has 0 spiro atoms.